The molecule has 0 aliphatic carbocycles. The Kier molecular flexibility index (Phi) is 7.25. The van der Waals surface area contributed by atoms with Crippen molar-refractivity contribution in [2.45, 2.75) is 13.1 Å². The zero-order valence-electron chi connectivity index (χ0n) is 21.8. The molecule has 0 aliphatic heterocycles. The number of nitrogens with zero attached hydrogens (tertiary/aromatic N) is 5. The molecular weight excluding hydrogens is 543 g/mol. The third-order valence-electron chi connectivity index (χ3n) is 6.48. The van der Waals surface area contributed by atoms with E-state index in [4.69, 9.17) is 0 Å². The number of fused-ring (bicyclic) bond motifs is 2. The van der Waals surface area contributed by atoms with Gasteiger partial charge in [0.1, 0.15) is 27.0 Å². The van der Waals surface area contributed by atoms with Gasteiger partial charge in [0, 0.05) is 42.0 Å². The highest BCUT2D eigenvalue weighted by Gasteiger charge is 2.11. The third-order valence-corrected chi connectivity index (χ3v) is 8.47. The molecule has 0 saturated carbocycles. The zero-order valence-corrected chi connectivity index (χ0v) is 23.4. The fourth-order valence-corrected chi connectivity index (χ4v) is 5.87. The molecule has 0 unspecified atom stereocenters. The van der Waals surface area contributed by atoms with Crippen LogP contribution in [0.3, 0.4) is 0 Å². The van der Waals surface area contributed by atoms with Crippen LogP contribution in [0.15, 0.2) is 85.5 Å². The van der Waals surface area contributed by atoms with Crippen LogP contribution in [0.5, 0.6) is 0 Å². The van der Waals surface area contributed by atoms with Crippen molar-refractivity contribution in [2.75, 3.05) is 23.9 Å². The van der Waals surface area contributed by atoms with Crippen molar-refractivity contribution in [1.82, 2.24) is 30.0 Å². The molecule has 3 aromatic carbocycles. The first kappa shape index (κ1) is 26.1. The molecule has 202 valence electrons. The summed E-state index contributed by atoms with van der Waals surface area (Å²) in [7, 11) is -2.98. The zero-order chi connectivity index (χ0) is 27.5. The summed E-state index contributed by atoms with van der Waals surface area (Å²) < 4.78 is 24.6. The Morgan fingerprint density at radius 3 is 2.67 bits per heavy atom. The van der Waals surface area contributed by atoms with Crippen molar-refractivity contribution in [2.24, 2.45) is 0 Å². The van der Waals surface area contributed by atoms with E-state index in [1.54, 1.807) is 17.7 Å². The lowest BCUT2D eigenvalue weighted by Crippen LogP contribution is -2.21. The summed E-state index contributed by atoms with van der Waals surface area (Å²) in [6.07, 6.45) is 6.53. The second-order valence-electron chi connectivity index (χ2n) is 9.57. The van der Waals surface area contributed by atoms with Gasteiger partial charge in [0.2, 0.25) is 0 Å². The lowest BCUT2D eigenvalue weighted by Gasteiger charge is -2.10. The maximum absolute atomic E-state index is 11.3. The number of thiazole rings is 1. The predicted octanol–water partition coefficient (Wildman–Crippen LogP) is 5.03. The molecule has 0 radical (unpaired) electrons. The van der Waals surface area contributed by atoms with Crippen LogP contribution in [0.2, 0.25) is 0 Å². The molecule has 9 nitrogen and oxygen atoms in total. The minimum atomic E-state index is -2.98. The lowest BCUT2D eigenvalue weighted by atomic mass is 10.1. The van der Waals surface area contributed by atoms with Gasteiger partial charge in [0.05, 0.1) is 34.4 Å². The number of benzene rings is 3. The second kappa shape index (κ2) is 11.1. The lowest BCUT2D eigenvalue weighted by molar-refractivity contribution is 0.596. The molecule has 0 saturated heterocycles. The van der Waals surface area contributed by atoms with Gasteiger partial charge < -0.3 is 10.6 Å². The van der Waals surface area contributed by atoms with Gasteiger partial charge in [-0.2, -0.15) is 5.10 Å². The van der Waals surface area contributed by atoms with Crippen LogP contribution in [0.4, 0.5) is 11.5 Å². The highest BCUT2D eigenvalue weighted by atomic mass is 32.2. The molecule has 11 heteroatoms. The summed E-state index contributed by atoms with van der Waals surface area (Å²) >= 11 is 1.57. The molecule has 6 aromatic rings. The summed E-state index contributed by atoms with van der Waals surface area (Å²) in [5, 5.41) is 14.0. The smallest absolute Gasteiger partial charge is 0.148 e. The Bertz CT molecular complexity index is 1900. The summed E-state index contributed by atoms with van der Waals surface area (Å²) in [6, 6.07) is 22.6. The standard InChI is InChI=1S/C29H27N7O2S2/c1-40(37,38)12-11-30-17-28-31-16-27(39-28)21-7-9-24-25(14-21)32-19-33-29(24)35-23-8-10-26-22(13-23)15-34-36(26)18-20-5-3-2-4-6-20/h2-10,13-16,19,30H,11-12,17-18H2,1H3,(H,32,33,35). The molecule has 2 N–H and O–H groups in total. The number of hydrogen-bond acceptors (Lipinski definition) is 9. The summed E-state index contributed by atoms with van der Waals surface area (Å²) in [4.78, 5) is 14.5. The van der Waals surface area contributed by atoms with Crippen molar-refractivity contribution in [3.8, 4) is 10.4 Å². The van der Waals surface area contributed by atoms with Crippen molar-refractivity contribution < 1.29 is 8.42 Å². The van der Waals surface area contributed by atoms with Gasteiger partial charge in [-0.3, -0.25) is 4.68 Å². The van der Waals surface area contributed by atoms with E-state index in [1.807, 2.05) is 59.5 Å². The number of aromatic nitrogens is 5. The molecular formula is C29H27N7O2S2. The summed E-state index contributed by atoms with van der Waals surface area (Å²) in [5.41, 5.74) is 5.04. The van der Waals surface area contributed by atoms with E-state index in [-0.39, 0.29) is 5.75 Å². The highest BCUT2D eigenvalue weighted by Crippen LogP contribution is 2.31. The van der Waals surface area contributed by atoms with Crippen LogP contribution >= 0.6 is 11.3 Å². The molecule has 6 rings (SSSR count). The minimum absolute atomic E-state index is 0.109. The molecule has 0 fully saturated rings. The fourth-order valence-electron chi connectivity index (χ4n) is 4.47. The van der Waals surface area contributed by atoms with Crippen LogP contribution in [0.1, 0.15) is 10.6 Å². The van der Waals surface area contributed by atoms with E-state index in [9.17, 15) is 8.42 Å². The van der Waals surface area contributed by atoms with Crippen molar-refractivity contribution in [3.05, 3.63) is 96.0 Å². The van der Waals surface area contributed by atoms with E-state index >= 15 is 0 Å². The van der Waals surface area contributed by atoms with Crippen LogP contribution in [-0.2, 0) is 22.9 Å². The molecule has 0 bridgehead atoms. The number of nitrogens with one attached hydrogen (secondary N) is 2. The first-order chi connectivity index (χ1) is 19.4. The number of anilines is 2. The van der Waals surface area contributed by atoms with Crippen molar-refractivity contribution in [1.29, 1.82) is 0 Å². The Morgan fingerprint density at radius 1 is 0.950 bits per heavy atom. The molecule has 3 aromatic heterocycles. The van der Waals surface area contributed by atoms with Gasteiger partial charge in [0.15, 0.2) is 0 Å². The van der Waals surface area contributed by atoms with Gasteiger partial charge in [0.25, 0.3) is 0 Å². The van der Waals surface area contributed by atoms with Gasteiger partial charge >= 0.3 is 0 Å². The monoisotopic (exact) mass is 569 g/mol. The number of sulfone groups is 1. The van der Waals surface area contributed by atoms with Gasteiger partial charge in [-0.25, -0.2) is 23.4 Å². The molecule has 0 amide bonds. The average molecular weight is 570 g/mol. The third kappa shape index (κ3) is 6.01. The normalized spacial score (nSPS) is 11.8. The Balaban J connectivity index is 1.17. The van der Waals surface area contributed by atoms with Crippen LogP contribution in [0.25, 0.3) is 32.2 Å². The van der Waals surface area contributed by atoms with E-state index < -0.39 is 9.84 Å². The van der Waals surface area contributed by atoms with E-state index in [0.717, 1.165) is 55.3 Å². The van der Waals surface area contributed by atoms with Gasteiger partial charge in [-0.1, -0.05) is 36.4 Å². The van der Waals surface area contributed by atoms with Gasteiger partial charge in [-0.15, -0.1) is 11.3 Å². The second-order valence-corrected chi connectivity index (χ2v) is 12.9. The van der Waals surface area contributed by atoms with Gasteiger partial charge in [-0.05, 0) is 41.5 Å². The van der Waals surface area contributed by atoms with Crippen molar-refractivity contribution >= 4 is 54.5 Å². The minimum Gasteiger partial charge on any atom is -0.340 e. The van der Waals surface area contributed by atoms with Crippen molar-refractivity contribution in [3.63, 3.8) is 0 Å². The molecule has 0 atom stereocenters. The van der Waals surface area contributed by atoms with Crippen LogP contribution < -0.4 is 10.6 Å². The number of rotatable bonds is 10. The molecule has 3 heterocycles. The van der Waals surface area contributed by atoms with E-state index in [0.29, 0.717) is 13.1 Å². The highest BCUT2D eigenvalue weighted by molar-refractivity contribution is 7.90. The fraction of sp³-hybridized carbons (Fsp3) is 0.172. The number of hydrogen-bond donors (Lipinski definition) is 2. The maximum Gasteiger partial charge on any atom is 0.148 e. The van der Waals surface area contributed by atoms with E-state index in [2.05, 4.69) is 54.9 Å². The summed E-state index contributed by atoms with van der Waals surface area (Å²) in [6.45, 7) is 1.65. The first-order valence-electron chi connectivity index (χ1n) is 12.8. The van der Waals surface area contributed by atoms with Crippen LogP contribution in [0, 0.1) is 0 Å². The Labute approximate surface area is 235 Å². The predicted molar refractivity (Wildman–Crippen MR) is 161 cm³/mol. The first-order valence-corrected chi connectivity index (χ1v) is 15.6. The summed E-state index contributed by atoms with van der Waals surface area (Å²) in [5.74, 6) is 0.838. The maximum atomic E-state index is 11.3. The van der Waals surface area contributed by atoms with E-state index in [1.165, 1.54) is 11.8 Å². The average Bonchev–Trinajstić information content (AvgIpc) is 3.58. The Morgan fingerprint density at radius 2 is 1.82 bits per heavy atom. The largest absolute Gasteiger partial charge is 0.340 e. The molecule has 0 spiro atoms. The molecule has 0 aliphatic rings. The topological polar surface area (TPSA) is 115 Å². The SMILES string of the molecule is CS(=O)(=O)CCNCc1ncc(-c2ccc3c(Nc4ccc5c(cnn5Cc5ccccc5)c4)ncnc3c2)s1. The van der Waals surface area contributed by atoms with Crippen LogP contribution in [-0.4, -0.2) is 51.7 Å². The quantitative estimate of drug-likeness (QED) is 0.221. The Hall–Kier alpha value is -4.19. The molecule has 40 heavy (non-hydrogen) atoms.